The van der Waals surface area contributed by atoms with Crippen LogP contribution in [0.3, 0.4) is 0 Å². The SMILES string of the molecule is CNS(=O)(=O)c1ccc(Cl)c(C(=O)Nc2cc(Cl)c(OC)cc2OC)c1. The van der Waals surface area contributed by atoms with E-state index in [9.17, 15) is 13.2 Å². The van der Waals surface area contributed by atoms with E-state index in [-0.39, 0.29) is 26.2 Å². The summed E-state index contributed by atoms with van der Waals surface area (Å²) in [4.78, 5) is 12.5. The molecular formula is C16H16Cl2N2O5S. The van der Waals surface area contributed by atoms with Crippen LogP contribution in [0.1, 0.15) is 10.4 Å². The maximum atomic E-state index is 12.6. The Bertz CT molecular complexity index is 948. The highest BCUT2D eigenvalue weighted by Crippen LogP contribution is 2.36. The molecule has 2 aromatic carbocycles. The fraction of sp³-hybridized carbons (Fsp3) is 0.188. The molecule has 0 heterocycles. The molecule has 0 bridgehead atoms. The number of benzene rings is 2. The van der Waals surface area contributed by atoms with Crippen molar-refractivity contribution in [3.63, 3.8) is 0 Å². The second-order valence-corrected chi connectivity index (χ2v) is 7.69. The van der Waals surface area contributed by atoms with Crippen molar-refractivity contribution in [3.8, 4) is 11.5 Å². The number of halogens is 2. The Morgan fingerprint density at radius 1 is 1.00 bits per heavy atom. The van der Waals surface area contributed by atoms with Crippen LogP contribution in [0.15, 0.2) is 35.2 Å². The van der Waals surface area contributed by atoms with E-state index in [1.165, 1.54) is 51.6 Å². The lowest BCUT2D eigenvalue weighted by Gasteiger charge is -2.14. The highest BCUT2D eigenvalue weighted by Gasteiger charge is 2.19. The third-order valence-electron chi connectivity index (χ3n) is 3.48. The average Bonchev–Trinajstić information content (AvgIpc) is 2.62. The molecule has 2 rings (SSSR count). The largest absolute Gasteiger partial charge is 0.495 e. The van der Waals surface area contributed by atoms with Gasteiger partial charge in [-0.25, -0.2) is 13.1 Å². The first-order chi connectivity index (χ1) is 12.2. The summed E-state index contributed by atoms with van der Waals surface area (Å²) in [5, 5.41) is 2.96. The number of nitrogens with one attached hydrogen (secondary N) is 2. The molecule has 140 valence electrons. The van der Waals surface area contributed by atoms with Crippen LogP contribution in [0.4, 0.5) is 5.69 Å². The number of ether oxygens (including phenoxy) is 2. The van der Waals surface area contributed by atoms with Crippen molar-refractivity contribution in [2.45, 2.75) is 4.90 Å². The Morgan fingerprint density at radius 3 is 2.23 bits per heavy atom. The predicted octanol–water partition coefficient (Wildman–Crippen LogP) is 3.17. The zero-order chi connectivity index (χ0) is 19.5. The van der Waals surface area contributed by atoms with Crippen molar-refractivity contribution in [2.24, 2.45) is 0 Å². The number of carbonyl (C=O) groups excluding carboxylic acids is 1. The molecule has 0 radical (unpaired) electrons. The topological polar surface area (TPSA) is 93.7 Å². The quantitative estimate of drug-likeness (QED) is 0.750. The lowest BCUT2D eigenvalue weighted by atomic mass is 10.2. The molecule has 0 unspecified atom stereocenters. The average molecular weight is 419 g/mol. The van der Waals surface area contributed by atoms with Crippen molar-refractivity contribution in [2.75, 3.05) is 26.6 Å². The van der Waals surface area contributed by atoms with Gasteiger partial charge in [0.1, 0.15) is 11.5 Å². The van der Waals surface area contributed by atoms with Crippen molar-refractivity contribution < 1.29 is 22.7 Å². The van der Waals surface area contributed by atoms with Crippen molar-refractivity contribution in [3.05, 3.63) is 45.9 Å². The lowest BCUT2D eigenvalue weighted by molar-refractivity contribution is 0.102. The summed E-state index contributed by atoms with van der Waals surface area (Å²) in [6.07, 6.45) is 0. The van der Waals surface area contributed by atoms with Crippen LogP contribution in [0.5, 0.6) is 11.5 Å². The molecule has 2 aromatic rings. The molecule has 1 amide bonds. The van der Waals surface area contributed by atoms with Crippen LogP contribution in [0.2, 0.25) is 10.0 Å². The van der Waals surface area contributed by atoms with E-state index in [1.807, 2.05) is 0 Å². The molecule has 26 heavy (non-hydrogen) atoms. The molecule has 0 aromatic heterocycles. The highest BCUT2D eigenvalue weighted by molar-refractivity contribution is 7.89. The van der Waals surface area contributed by atoms with Gasteiger partial charge in [-0.1, -0.05) is 23.2 Å². The molecule has 10 heteroatoms. The number of anilines is 1. The number of methoxy groups -OCH3 is 2. The van der Waals surface area contributed by atoms with E-state index in [0.717, 1.165) is 0 Å². The number of carbonyl (C=O) groups is 1. The Morgan fingerprint density at radius 2 is 1.65 bits per heavy atom. The summed E-state index contributed by atoms with van der Waals surface area (Å²) in [5.41, 5.74) is 0.262. The summed E-state index contributed by atoms with van der Waals surface area (Å²) in [6.45, 7) is 0. The standard InChI is InChI=1S/C16H16Cl2N2O5S/c1-19-26(22,23)9-4-5-11(17)10(6-9)16(21)20-13-7-12(18)14(24-2)8-15(13)25-3/h4-8,19H,1-3H3,(H,20,21). The minimum atomic E-state index is -3.72. The summed E-state index contributed by atoms with van der Waals surface area (Å²) in [6, 6.07) is 6.79. The zero-order valence-corrected chi connectivity index (χ0v) is 16.4. The van der Waals surface area contributed by atoms with Crippen LogP contribution >= 0.6 is 23.2 Å². The predicted molar refractivity (Wildman–Crippen MR) is 100 cm³/mol. The summed E-state index contributed by atoms with van der Waals surface area (Å²) >= 11 is 12.1. The van der Waals surface area contributed by atoms with Crippen LogP contribution in [-0.2, 0) is 10.0 Å². The van der Waals surface area contributed by atoms with E-state index in [0.29, 0.717) is 11.5 Å². The van der Waals surface area contributed by atoms with Gasteiger partial charge in [0.2, 0.25) is 10.0 Å². The number of hydrogen-bond donors (Lipinski definition) is 2. The van der Waals surface area contributed by atoms with Crippen molar-refractivity contribution >= 4 is 44.8 Å². The molecule has 0 spiro atoms. The van der Waals surface area contributed by atoms with Crippen molar-refractivity contribution in [1.29, 1.82) is 0 Å². The molecule has 0 aliphatic rings. The van der Waals surface area contributed by atoms with Crippen LogP contribution in [0.25, 0.3) is 0 Å². The number of amides is 1. The lowest BCUT2D eigenvalue weighted by Crippen LogP contribution is -2.20. The maximum Gasteiger partial charge on any atom is 0.257 e. The number of sulfonamides is 1. The number of hydrogen-bond acceptors (Lipinski definition) is 5. The monoisotopic (exact) mass is 418 g/mol. The smallest absolute Gasteiger partial charge is 0.257 e. The molecule has 2 N–H and O–H groups in total. The second kappa shape index (κ2) is 8.13. The molecule has 7 nitrogen and oxygen atoms in total. The zero-order valence-electron chi connectivity index (χ0n) is 14.1. The highest BCUT2D eigenvalue weighted by atomic mass is 35.5. The fourth-order valence-electron chi connectivity index (χ4n) is 2.11. The van der Waals surface area contributed by atoms with Crippen LogP contribution in [0, 0.1) is 0 Å². The van der Waals surface area contributed by atoms with Gasteiger partial charge in [-0.2, -0.15) is 0 Å². The van der Waals surface area contributed by atoms with Gasteiger partial charge in [-0.05, 0) is 31.3 Å². The molecule has 0 saturated carbocycles. The first kappa shape index (κ1) is 20.3. The van der Waals surface area contributed by atoms with E-state index < -0.39 is 15.9 Å². The van der Waals surface area contributed by atoms with Gasteiger partial charge in [0.05, 0.1) is 40.4 Å². The van der Waals surface area contributed by atoms with E-state index in [4.69, 9.17) is 32.7 Å². The third-order valence-corrected chi connectivity index (χ3v) is 5.52. The second-order valence-electron chi connectivity index (χ2n) is 4.99. The molecule has 0 aliphatic carbocycles. The van der Waals surface area contributed by atoms with Gasteiger partial charge in [-0.15, -0.1) is 0 Å². The van der Waals surface area contributed by atoms with Gasteiger partial charge >= 0.3 is 0 Å². The summed E-state index contributed by atoms with van der Waals surface area (Å²) in [7, 11) is 0.421. The van der Waals surface area contributed by atoms with E-state index >= 15 is 0 Å². The summed E-state index contributed by atoms with van der Waals surface area (Å²) < 4.78 is 36.3. The number of rotatable bonds is 6. The van der Waals surface area contributed by atoms with E-state index in [1.54, 1.807) is 0 Å². The molecule has 0 fully saturated rings. The van der Waals surface area contributed by atoms with Crippen LogP contribution in [-0.4, -0.2) is 35.6 Å². The van der Waals surface area contributed by atoms with E-state index in [2.05, 4.69) is 10.0 Å². The van der Waals surface area contributed by atoms with Crippen molar-refractivity contribution in [1.82, 2.24) is 4.72 Å². The Kier molecular flexibility index (Phi) is 6.35. The first-order valence-corrected chi connectivity index (χ1v) is 9.43. The molecule has 0 saturated heterocycles. The fourth-order valence-corrected chi connectivity index (χ4v) is 3.31. The Hall–Kier alpha value is -2.00. The molecular weight excluding hydrogens is 403 g/mol. The maximum absolute atomic E-state index is 12.6. The molecule has 0 aliphatic heterocycles. The molecule has 0 atom stereocenters. The Balaban J connectivity index is 2.42. The normalized spacial score (nSPS) is 11.1. The van der Waals surface area contributed by atoms with Gasteiger partial charge in [0.15, 0.2) is 0 Å². The van der Waals surface area contributed by atoms with Gasteiger partial charge in [0.25, 0.3) is 5.91 Å². The van der Waals surface area contributed by atoms with Gasteiger partial charge in [-0.3, -0.25) is 4.79 Å². The van der Waals surface area contributed by atoms with Gasteiger partial charge in [0, 0.05) is 6.07 Å². The minimum absolute atomic E-state index is 0.0167. The first-order valence-electron chi connectivity index (χ1n) is 7.19. The van der Waals surface area contributed by atoms with Gasteiger partial charge < -0.3 is 14.8 Å². The van der Waals surface area contributed by atoms with Crippen LogP contribution < -0.4 is 19.5 Å². The summed E-state index contributed by atoms with van der Waals surface area (Å²) in [5.74, 6) is 0.0686. The minimum Gasteiger partial charge on any atom is -0.495 e. The Labute approximate surface area is 161 Å². The third kappa shape index (κ3) is 4.21.